The van der Waals surface area contributed by atoms with Crippen molar-refractivity contribution in [2.45, 2.75) is 39.3 Å². The molecule has 1 heterocycles. The summed E-state index contributed by atoms with van der Waals surface area (Å²) in [4.78, 5) is 25.8. The van der Waals surface area contributed by atoms with Gasteiger partial charge < -0.3 is 19.7 Å². The number of piperidine rings is 1. The van der Waals surface area contributed by atoms with Gasteiger partial charge in [0, 0.05) is 45.0 Å². The van der Waals surface area contributed by atoms with E-state index >= 15 is 0 Å². The maximum Gasteiger partial charge on any atom is 0.251 e. The highest BCUT2D eigenvalue weighted by atomic mass is 16.5. The molecular formula is C23H28N2O4. The van der Waals surface area contributed by atoms with Crippen molar-refractivity contribution in [2.24, 2.45) is 0 Å². The van der Waals surface area contributed by atoms with Gasteiger partial charge in [-0.15, -0.1) is 0 Å². The molecule has 1 N–H and O–H groups in total. The lowest BCUT2D eigenvalue weighted by Gasteiger charge is -2.31. The zero-order valence-electron chi connectivity index (χ0n) is 17.2. The van der Waals surface area contributed by atoms with Crippen LogP contribution >= 0.6 is 0 Å². The monoisotopic (exact) mass is 396 g/mol. The highest BCUT2D eigenvalue weighted by Crippen LogP contribution is 2.30. The summed E-state index contributed by atoms with van der Waals surface area (Å²) in [5.74, 6) is 1.08. The second kappa shape index (κ2) is 9.45. The number of nitrogens with one attached hydrogen (secondary N) is 1. The summed E-state index contributed by atoms with van der Waals surface area (Å²) in [6.45, 7) is 5.48. The van der Waals surface area contributed by atoms with Gasteiger partial charge in [-0.25, -0.2) is 0 Å². The normalized spacial score (nSPS) is 14.4. The lowest BCUT2D eigenvalue weighted by atomic mass is 10.1. The average molecular weight is 396 g/mol. The number of hydrogen-bond donors (Lipinski definition) is 1. The Labute approximate surface area is 171 Å². The molecule has 2 amide bonds. The van der Waals surface area contributed by atoms with E-state index in [1.54, 1.807) is 32.2 Å². The van der Waals surface area contributed by atoms with Crippen LogP contribution in [-0.4, -0.2) is 43.0 Å². The number of amides is 2. The van der Waals surface area contributed by atoms with Crippen LogP contribution in [0, 0.1) is 6.92 Å². The first-order chi connectivity index (χ1) is 14.0. The fourth-order valence-electron chi connectivity index (χ4n) is 3.46. The first-order valence-corrected chi connectivity index (χ1v) is 9.91. The Morgan fingerprint density at radius 2 is 1.83 bits per heavy atom. The van der Waals surface area contributed by atoms with E-state index < -0.39 is 0 Å². The van der Waals surface area contributed by atoms with Crippen LogP contribution in [0.15, 0.2) is 42.5 Å². The Kier molecular flexibility index (Phi) is 6.75. The van der Waals surface area contributed by atoms with E-state index in [-0.39, 0.29) is 17.9 Å². The van der Waals surface area contributed by atoms with Crippen molar-refractivity contribution in [3.05, 3.63) is 59.2 Å². The van der Waals surface area contributed by atoms with Crippen LogP contribution in [0.5, 0.6) is 11.5 Å². The van der Waals surface area contributed by atoms with E-state index in [9.17, 15) is 9.59 Å². The molecule has 0 unspecified atom stereocenters. The second-order valence-electron chi connectivity index (χ2n) is 7.30. The number of aryl methyl sites for hydroxylation is 1. The molecule has 154 valence electrons. The predicted molar refractivity (Wildman–Crippen MR) is 111 cm³/mol. The Morgan fingerprint density at radius 1 is 1.10 bits per heavy atom. The van der Waals surface area contributed by atoms with Crippen LogP contribution in [0.3, 0.4) is 0 Å². The molecule has 2 aromatic carbocycles. The molecule has 1 aliphatic rings. The first-order valence-electron chi connectivity index (χ1n) is 9.91. The molecule has 3 rings (SSSR count). The van der Waals surface area contributed by atoms with Crippen LogP contribution in [-0.2, 0) is 11.3 Å². The van der Waals surface area contributed by atoms with Gasteiger partial charge in [0.2, 0.25) is 5.91 Å². The highest BCUT2D eigenvalue weighted by molar-refractivity contribution is 5.94. The number of rotatable bonds is 6. The van der Waals surface area contributed by atoms with Crippen molar-refractivity contribution in [1.82, 2.24) is 10.2 Å². The van der Waals surface area contributed by atoms with E-state index in [0.29, 0.717) is 36.7 Å². The van der Waals surface area contributed by atoms with Gasteiger partial charge in [0.25, 0.3) is 5.91 Å². The zero-order chi connectivity index (χ0) is 20.8. The number of benzene rings is 2. The number of ether oxygens (including phenoxy) is 2. The topological polar surface area (TPSA) is 67.9 Å². The number of carbonyl (C=O) groups is 2. The highest BCUT2D eigenvalue weighted by Gasteiger charge is 2.23. The van der Waals surface area contributed by atoms with E-state index in [2.05, 4.69) is 5.32 Å². The lowest BCUT2D eigenvalue weighted by molar-refractivity contribution is -0.130. The van der Waals surface area contributed by atoms with Crippen LogP contribution in [0.25, 0.3) is 0 Å². The summed E-state index contributed by atoms with van der Waals surface area (Å²) in [5, 5.41) is 2.95. The first kappa shape index (κ1) is 20.7. The van der Waals surface area contributed by atoms with Gasteiger partial charge in [-0.3, -0.25) is 9.59 Å². The van der Waals surface area contributed by atoms with Gasteiger partial charge in [0.15, 0.2) is 11.5 Å². The number of methoxy groups -OCH3 is 1. The lowest BCUT2D eigenvalue weighted by Crippen LogP contribution is -2.40. The summed E-state index contributed by atoms with van der Waals surface area (Å²) in [7, 11) is 1.57. The maximum atomic E-state index is 12.6. The van der Waals surface area contributed by atoms with Crippen molar-refractivity contribution >= 4 is 11.8 Å². The Morgan fingerprint density at radius 3 is 2.48 bits per heavy atom. The largest absolute Gasteiger partial charge is 0.493 e. The fraction of sp³-hybridized carbons (Fsp3) is 0.391. The minimum atomic E-state index is -0.159. The molecule has 6 heteroatoms. The average Bonchev–Trinajstić information content (AvgIpc) is 2.73. The number of likely N-dealkylation sites (tertiary alicyclic amines) is 1. The van der Waals surface area contributed by atoms with Crippen molar-refractivity contribution in [3.63, 3.8) is 0 Å². The number of nitrogens with zero attached hydrogens (tertiary/aromatic N) is 1. The molecule has 6 nitrogen and oxygen atoms in total. The molecule has 1 aliphatic heterocycles. The molecule has 1 saturated heterocycles. The van der Waals surface area contributed by atoms with Crippen molar-refractivity contribution in [3.8, 4) is 11.5 Å². The van der Waals surface area contributed by atoms with Crippen molar-refractivity contribution in [1.29, 1.82) is 0 Å². The SMILES string of the molecule is COc1cc(C(=O)NCc2ccccc2C)ccc1OC1CCN(C(C)=O)CC1. The van der Waals surface area contributed by atoms with Gasteiger partial charge in [0.1, 0.15) is 6.10 Å². The molecule has 0 radical (unpaired) electrons. The molecular weight excluding hydrogens is 368 g/mol. The smallest absolute Gasteiger partial charge is 0.251 e. The van der Waals surface area contributed by atoms with E-state index in [4.69, 9.17) is 9.47 Å². The van der Waals surface area contributed by atoms with Gasteiger partial charge in [-0.2, -0.15) is 0 Å². The predicted octanol–water partition coefficient (Wildman–Crippen LogP) is 3.32. The quantitative estimate of drug-likeness (QED) is 0.813. The van der Waals surface area contributed by atoms with Crippen LogP contribution in [0.2, 0.25) is 0 Å². The molecule has 0 aliphatic carbocycles. The standard InChI is InChI=1S/C23H28N2O4/c1-16-6-4-5-7-19(16)15-24-23(27)18-8-9-21(22(14-18)28-3)29-20-10-12-25(13-11-20)17(2)26/h4-9,14,20H,10-13,15H2,1-3H3,(H,24,27). The summed E-state index contributed by atoms with van der Waals surface area (Å²) in [6.07, 6.45) is 1.59. The van der Waals surface area contributed by atoms with Crippen LogP contribution < -0.4 is 14.8 Å². The molecule has 0 atom stereocenters. The molecule has 29 heavy (non-hydrogen) atoms. The third-order valence-corrected chi connectivity index (χ3v) is 5.31. The molecule has 0 spiro atoms. The maximum absolute atomic E-state index is 12.6. The van der Waals surface area contributed by atoms with E-state index in [1.165, 1.54) is 0 Å². The molecule has 0 saturated carbocycles. The molecule has 1 fully saturated rings. The van der Waals surface area contributed by atoms with Gasteiger partial charge in [-0.05, 0) is 36.2 Å². The van der Waals surface area contributed by atoms with Crippen molar-refractivity contribution in [2.75, 3.05) is 20.2 Å². The molecule has 2 aromatic rings. The Balaban J connectivity index is 1.61. The second-order valence-corrected chi connectivity index (χ2v) is 7.30. The summed E-state index contributed by atoms with van der Waals surface area (Å²) in [6, 6.07) is 13.2. The minimum absolute atomic E-state index is 0.0280. The third kappa shape index (κ3) is 5.28. The van der Waals surface area contributed by atoms with Crippen molar-refractivity contribution < 1.29 is 19.1 Å². The number of hydrogen-bond acceptors (Lipinski definition) is 4. The minimum Gasteiger partial charge on any atom is -0.493 e. The summed E-state index contributed by atoms with van der Waals surface area (Å²) < 4.78 is 11.5. The van der Waals surface area contributed by atoms with Crippen LogP contribution in [0.4, 0.5) is 0 Å². The fourth-order valence-corrected chi connectivity index (χ4v) is 3.46. The van der Waals surface area contributed by atoms with Crippen LogP contribution in [0.1, 0.15) is 41.3 Å². The van der Waals surface area contributed by atoms with E-state index in [1.807, 2.05) is 36.1 Å². The summed E-state index contributed by atoms with van der Waals surface area (Å²) >= 11 is 0. The Bertz CT molecular complexity index is 873. The zero-order valence-corrected chi connectivity index (χ0v) is 17.2. The summed E-state index contributed by atoms with van der Waals surface area (Å²) in [5.41, 5.74) is 2.75. The van der Waals surface area contributed by atoms with Gasteiger partial charge in [0.05, 0.1) is 7.11 Å². The van der Waals surface area contributed by atoms with Gasteiger partial charge in [-0.1, -0.05) is 24.3 Å². The van der Waals surface area contributed by atoms with Gasteiger partial charge >= 0.3 is 0 Å². The Hall–Kier alpha value is -3.02. The molecule has 0 aromatic heterocycles. The third-order valence-electron chi connectivity index (χ3n) is 5.31. The number of carbonyl (C=O) groups excluding carboxylic acids is 2. The van der Waals surface area contributed by atoms with E-state index in [0.717, 1.165) is 24.0 Å². The molecule has 0 bridgehead atoms.